The summed E-state index contributed by atoms with van der Waals surface area (Å²) < 4.78 is 0. The molecule has 0 spiro atoms. The van der Waals surface area contributed by atoms with Crippen molar-refractivity contribution in [1.82, 2.24) is 0 Å². The summed E-state index contributed by atoms with van der Waals surface area (Å²) in [5, 5.41) is 11.6. The van der Waals surface area contributed by atoms with Gasteiger partial charge in [-0.1, -0.05) is 19.4 Å². The van der Waals surface area contributed by atoms with Gasteiger partial charge < -0.3 is 16.2 Å². The fourth-order valence-corrected chi connectivity index (χ4v) is 1.87. The minimum absolute atomic E-state index is 0.0998. The van der Waals surface area contributed by atoms with Crippen LogP contribution in [0.5, 0.6) is 0 Å². The Bertz CT molecular complexity index is 472. The Balaban J connectivity index is 2.52. The number of carboxylic acid groups (broad SMARTS) is 1. The first-order chi connectivity index (χ1) is 9.40. The van der Waals surface area contributed by atoms with Crippen LogP contribution in [0.3, 0.4) is 0 Å². The lowest BCUT2D eigenvalue weighted by atomic mass is 10.0. The zero-order valence-corrected chi connectivity index (χ0v) is 11.9. The van der Waals surface area contributed by atoms with Gasteiger partial charge in [-0.3, -0.25) is 4.79 Å². The lowest BCUT2D eigenvalue weighted by Crippen LogP contribution is -2.21. The van der Waals surface area contributed by atoms with Gasteiger partial charge in [-0.25, -0.2) is 4.79 Å². The Morgan fingerprint density at radius 2 is 2.00 bits per heavy atom. The van der Waals surface area contributed by atoms with Crippen molar-refractivity contribution in [3.8, 4) is 0 Å². The molecule has 1 rings (SSSR count). The number of carbonyl (C=O) groups excluding carboxylic acids is 1. The largest absolute Gasteiger partial charge is 0.478 e. The Hall–Kier alpha value is -1.88. The number of carbonyl (C=O) groups is 2. The summed E-state index contributed by atoms with van der Waals surface area (Å²) in [5.41, 5.74) is 6.34. The highest BCUT2D eigenvalue weighted by Gasteiger charge is 2.13. The molecule has 5 heteroatoms. The minimum atomic E-state index is -1.01. The van der Waals surface area contributed by atoms with Crippen molar-refractivity contribution in [2.45, 2.75) is 39.2 Å². The first-order valence-corrected chi connectivity index (χ1v) is 6.80. The SMILES string of the molecule is CC(N)CCCC(C)C(=O)Nc1cccc(C(=O)O)c1. The van der Waals surface area contributed by atoms with Crippen molar-refractivity contribution in [1.29, 1.82) is 0 Å². The molecule has 5 nitrogen and oxygen atoms in total. The van der Waals surface area contributed by atoms with Crippen LogP contribution in [0.4, 0.5) is 5.69 Å². The van der Waals surface area contributed by atoms with Crippen LogP contribution in [0.1, 0.15) is 43.5 Å². The molecule has 1 amide bonds. The molecule has 110 valence electrons. The molecule has 0 bridgehead atoms. The molecule has 0 saturated heterocycles. The molecule has 1 aromatic rings. The molecular weight excluding hydrogens is 256 g/mol. The Kier molecular flexibility index (Phi) is 6.18. The van der Waals surface area contributed by atoms with Crippen LogP contribution in [0, 0.1) is 5.92 Å². The number of benzene rings is 1. The van der Waals surface area contributed by atoms with E-state index < -0.39 is 5.97 Å². The third kappa shape index (κ3) is 5.40. The van der Waals surface area contributed by atoms with Gasteiger partial charge in [-0.15, -0.1) is 0 Å². The third-order valence-corrected chi connectivity index (χ3v) is 3.12. The lowest BCUT2D eigenvalue weighted by molar-refractivity contribution is -0.119. The standard InChI is InChI=1S/C15H22N2O3/c1-10(5-3-6-11(2)16)14(18)17-13-8-4-7-12(9-13)15(19)20/h4,7-11H,3,5-6,16H2,1-2H3,(H,17,18)(H,19,20). The lowest BCUT2D eigenvalue weighted by Gasteiger charge is -2.13. The number of carboxylic acids is 1. The topological polar surface area (TPSA) is 92.4 Å². The average Bonchev–Trinajstić information content (AvgIpc) is 2.38. The third-order valence-electron chi connectivity index (χ3n) is 3.12. The van der Waals surface area contributed by atoms with E-state index in [2.05, 4.69) is 5.32 Å². The van der Waals surface area contributed by atoms with Crippen LogP contribution < -0.4 is 11.1 Å². The van der Waals surface area contributed by atoms with Crippen molar-refractivity contribution < 1.29 is 14.7 Å². The van der Waals surface area contributed by atoms with Crippen molar-refractivity contribution in [2.24, 2.45) is 11.7 Å². The van der Waals surface area contributed by atoms with E-state index in [0.29, 0.717) is 5.69 Å². The molecule has 4 N–H and O–H groups in total. The fraction of sp³-hybridized carbons (Fsp3) is 0.467. The van der Waals surface area contributed by atoms with Crippen LogP contribution in [-0.4, -0.2) is 23.0 Å². The Morgan fingerprint density at radius 3 is 2.60 bits per heavy atom. The second-order valence-corrected chi connectivity index (χ2v) is 5.18. The summed E-state index contributed by atoms with van der Waals surface area (Å²) in [4.78, 5) is 22.8. The highest BCUT2D eigenvalue weighted by molar-refractivity contribution is 5.94. The molecule has 0 radical (unpaired) electrons. The minimum Gasteiger partial charge on any atom is -0.478 e. The van der Waals surface area contributed by atoms with Crippen molar-refractivity contribution in [2.75, 3.05) is 5.32 Å². The van der Waals surface area contributed by atoms with E-state index in [4.69, 9.17) is 10.8 Å². The van der Waals surface area contributed by atoms with Gasteiger partial charge in [-0.2, -0.15) is 0 Å². The number of anilines is 1. The number of hydrogen-bond acceptors (Lipinski definition) is 3. The summed E-state index contributed by atoms with van der Waals surface area (Å²) in [6, 6.07) is 6.38. The average molecular weight is 278 g/mol. The molecule has 0 fully saturated rings. The zero-order chi connectivity index (χ0) is 15.1. The van der Waals surface area contributed by atoms with E-state index in [1.165, 1.54) is 12.1 Å². The Labute approximate surface area is 119 Å². The first kappa shape index (κ1) is 16.2. The van der Waals surface area contributed by atoms with Gasteiger partial charge >= 0.3 is 5.97 Å². The maximum atomic E-state index is 12.0. The van der Waals surface area contributed by atoms with Crippen LogP contribution in [0.15, 0.2) is 24.3 Å². The maximum absolute atomic E-state index is 12.0. The van der Waals surface area contributed by atoms with Gasteiger partial charge in [0.2, 0.25) is 5.91 Å². The molecule has 2 atom stereocenters. The van der Waals surface area contributed by atoms with Crippen LogP contribution >= 0.6 is 0 Å². The van der Waals surface area contributed by atoms with Gasteiger partial charge in [0, 0.05) is 17.6 Å². The van der Waals surface area contributed by atoms with Crippen LogP contribution in [0.2, 0.25) is 0 Å². The van der Waals surface area contributed by atoms with E-state index in [1.807, 2.05) is 13.8 Å². The van der Waals surface area contributed by atoms with Crippen molar-refractivity contribution in [3.05, 3.63) is 29.8 Å². The maximum Gasteiger partial charge on any atom is 0.335 e. The molecule has 0 aliphatic heterocycles. The summed E-state index contributed by atoms with van der Waals surface area (Å²) >= 11 is 0. The molecule has 0 heterocycles. The van der Waals surface area contributed by atoms with E-state index in [1.54, 1.807) is 12.1 Å². The second kappa shape index (κ2) is 7.65. The summed E-state index contributed by atoms with van der Waals surface area (Å²) in [6.07, 6.45) is 2.57. The van der Waals surface area contributed by atoms with Gasteiger partial charge in [-0.05, 0) is 38.0 Å². The molecule has 0 saturated carbocycles. The zero-order valence-electron chi connectivity index (χ0n) is 11.9. The predicted molar refractivity (Wildman–Crippen MR) is 78.7 cm³/mol. The monoisotopic (exact) mass is 278 g/mol. The van der Waals surface area contributed by atoms with E-state index >= 15 is 0 Å². The highest BCUT2D eigenvalue weighted by atomic mass is 16.4. The van der Waals surface area contributed by atoms with E-state index in [-0.39, 0.29) is 23.4 Å². The molecule has 0 aromatic heterocycles. The highest BCUT2D eigenvalue weighted by Crippen LogP contribution is 2.15. The van der Waals surface area contributed by atoms with Crippen molar-refractivity contribution in [3.63, 3.8) is 0 Å². The van der Waals surface area contributed by atoms with E-state index in [9.17, 15) is 9.59 Å². The predicted octanol–water partition coefficient (Wildman–Crippen LogP) is 2.48. The fourth-order valence-electron chi connectivity index (χ4n) is 1.87. The number of hydrogen-bond donors (Lipinski definition) is 3. The van der Waals surface area contributed by atoms with Gasteiger partial charge in [0.25, 0.3) is 0 Å². The Morgan fingerprint density at radius 1 is 1.30 bits per heavy atom. The number of amides is 1. The van der Waals surface area contributed by atoms with Crippen LogP contribution in [0.25, 0.3) is 0 Å². The number of rotatable bonds is 7. The summed E-state index contributed by atoms with van der Waals surface area (Å²) in [5.74, 6) is -1.23. The molecule has 0 aliphatic rings. The molecule has 2 unspecified atom stereocenters. The molecule has 1 aromatic carbocycles. The summed E-state index contributed by atoms with van der Waals surface area (Å²) in [6.45, 7) is 3.81. The second-order valence-electron chi connectivity index (χ2n) is 5.18. The first-order valence-electron chi connectivity index (χ1n) is 6.80. The number of aromatic carboxylic acids is 1. The van der Waals surface area contributed by atoms with Gasteiger partial charge in [0.1, 0.15) is 0 Å². The molecule has 20 heavy (non-hydrogen) atoms. The summed E-state index contributed by atoms with van der Waals surface area (Å²) in [7, 11) is 0. The van der Waals surface area contributed by atoms with Crippen molar-refractivity contribution >= 4 is 17.6 Å². The molecule has 0 aliphatic carbocycles. The van der Waals surface area contributed by atoms with Gasteiger partial charge in [0.15, 0.2) is 0 Å². The quantitative estimate of drug-likeness (QED) is 0.714. The number of nitrogens with two attached hydrogens (primary N) is 1. The molecular formula is C15H22N2O3. The number of nitrogens with one attached hydrogen (secondary N) is 1. The normalized spacial score (nSPS) is 13.6. The van der Waals surface area contributed by atoms with Crippen LogP contribution in [-0.2, 0) is 4.79 Å². The van der Waals surface area contributed by atoms with Gasteiger partial charge in [0.05, 0.1) is 5.56 Å². The smallest absolute Gasteiger partial charge is 0.335 e. The van der Waals surface area contributed by atoms with E-state index in [0.717, 1.165) is 19.3 Å².